The first-order chi connectivity index (χ1) is 18.7. The number of halogens is 3. The molecule has 1 aliphatic heterocycles. The minimum atomic E-state index is -4.82. The van der Waals surface area contributed by atoms with Crippen molar-refractivity contribution >= 4 is 29.7 Å². The largest absolute Gasteiger partial charge is 0.449 e. The molecule has 8 nitrogen and oxygen atoms in total. The minimum absolute atomic E-state index is 0.0460. The average Bonchev–Trinajstić information content (AvgIpc) is 3.44. The number of Topliss-reactive ketones (excluding diaryl/α,β-unsaturated/α-hetero) is 2. The van der Waals surface area contributed by atoms with E-state index in [-0.39, 0.29) is 30.6 Å². The number of unbranched alkanes of at least 4 members (excludes halogenated alkanes) is 2. The van der Waals surface area contributed by atoms with Gasteiger partial charge in [0, 0.05) is 19.5 Å². The lowest BCUT2D eigenvalue weighted by molar-refractivity contribution is -0.171. The van der Waals surface area contributed by atoms with Crippen LogP contribution in [-0.4, -0.2) is 72.5 Å². The number of hydrogen-bond acceptors (Lipinski definition) is 6. The van der Waals surface area contributed by atoms with E-state index >= 15 is 0 Å². The van der Waals surface area contributed by atoms with Crippen LogP contribution < -0.4 is 10.6 Å². The van der Waals surface area contributed by atoms with Crippen LogP contribution in [0, 0.1) is 5.92 Å². The first kappa shape index (κ1) is 34.9. The fraction of sp³-hybridized carbons (Fsp3) is 0.621. The lowest BCUT2D eigenvalue weighted by Gasteiger charge is -2.22. The molecule has 1 fully saturated rings. The molecule has 1 aliphatic rings. The van der Waals surface area contributed by atoms with Gasteiger partial charge in [-0.05, 0) is 65.5 Å². The smallest absolute Gasteiger partial charge is 0.344 e. The zero-order valence-electron chi connectivity index (χ0n) is 23.8. The van der Waals surface area contributed by atoms with Gasteiger partial charge in [-0.3, -0.25) is 19.2 Å². The van der Waals surface area contributed by atoms with Crippen molar-refractivity contribution in [3.63, 3.8) is 0 Å². The van der Waals surface area contributed by atoms with Gasteiger partial charge in [0.1, 0.15) is 12.1 Å². The van der Waals surface area contributed by atoms with E-state index in [0.717, 1.165) is 32.4 Å². The molecule has 1 aromatic rings. The molecule has 2 N–H and O–H groups in total. The number of nitrogens with one attached hydrogen (secondary N) is 2. The molecule has 0 saturated carbocycles. The van der Waals surface area contributed by atoms with Crippen LogP contribution in [0.1, 0.15) is 71.3 Å². The number of benzene rings is 1. The molecule has 0 aliphatic carbocycles. The topological polar surface area (TPSA) is 113 Å². The van der Waals surface area contributed by atoms with Crippen LogP contribution in [0.25, 0.3) is 0 Å². The second-order valence-electron chi connectivity index (χ2n) is 10.6. The van der Waals surface area contributed by atoms with Gasteiger partial charge in [0.15, 0.2) is 0 Å². The first-order valence-electron chi connectivity index (χ1n) is 13.6. The summed E-state index contributed by atoms with van der Waals surface area (Å²) < 4.78 is 36.0. The third-order valence-electron chi connectivity index (χ3n) is 6.61. The van der Waals surface area contributed by atoms with E-state index in [1.165, 1.54) is 26.3 Å². The van der Waals surface area contributed by atoms with Gasteiger partial charge in [0.05, 0.1) is 17.5 Å². The van der Waals surface area contributed by atoms with Crippen LogP contribution >= 0.6 is 0 Å². The fourth-order valence-corrected chi connectivity index (χ4v) is 4.23. The molecule has 0 unspecified atom stereocenters. The molecule has 0 aromatic heterocycles. The zero-order valence-corrected chi connectivity index (χ0v) is 23.8. The highest BCUT2D eigenvalue weighted by Crippen LogP contribution is 2.20. The summed E-state index contributed by atoms with van der Waals surface area (Å²) in [6, 6.07) is 10.1. The Morgan fingerprint density at radius 2 is 1.60 bits per heavy atom. The molecular weight excluding hydrogens is 527 g/mol. The van der Waals surface area contributed by atoms with Crippen LogP contribution in [0.4, 0.5) is 13.2 Å². The lowest BCUT2D eigenvalue weighted by atomic mass is 9.94. The second-order valence-corrected chi connectivity index (χ2v) is 10.6. The number of likely N-dealkylation sites (tertiary alicyclic amines) is 1. The van der Waals surface area contributed by atoms with Crippen molar-refractivity contribution < 1.29 is 37.1 Å². The van der Waals surface area contributed by atoms with Crippen LogP contribution in [0.15, 0.2) is 30.3 Å². The summed E-state index contributed by atoms with van der Waals surface area (Å²) in [5, 5.41) is 5.57. The molecule has 2 amide bonds. The predicted octanol–water partition coefficient (Wildman–Crippen LogP) is 3.81. The maximum absolute atomic E-state index is 12.2. The molecule has 11 heteroatoms. The number of nitrogens with zero attached hydrogens (tertiary/aromatic N) is 1. The van der Waals surface area contributed by atoms with Crippen molar-refractivity contribution in [1.29, 1.82) is 0 Å². The molecule has 1 aromatic carbocycles. The molecule has 0 spiro atoms. The number of rotatable bonds is 14. The second kappa shape index (κ2) is 16.9. The van der Waals surface area contributed by atoms with Crippen LogP contribution in [0.3, 0.4) is 0 Å². The lowest BCUT2D eigenvalue weighted by Crippen LogP contribution is -2.48. The number of aldehydes is 1. The molecular formula is C29H42F3N3O5. The number of amides is 2. The van der Waals surface area contributed by atoms with Gasteiger partial charge in [0.2, 0.25) is 17.6 Å². The molecule has 40 heavy (non-hydrogen) atoms. The van der Waals surface area contributed by atoms with Gasteiger partial charge in [-0.2, -0.15) is 13.2 Å². The van der Waals surface area contributed by atoms with Gasteiger partial charge >= 0.3 is 6.18 Å². The van der Waals surface area contributed by atoms with Crippen molar-refractivity contribution in [2.45, 2.75) is 89.9 Å². The van der Waals surface area contributed by atoms with Gasteiger partial charge < -0.3 is 20.3 Å². The Balaban J connectivity index is 0.000000415. The summed E-state index contributed by atoms with van der Waals surface area (Å²) in [5.41, 5.74) is 0.114. The molecule has 2 atom stereocenters. The monoisotopic (exact) mass is 569 g/mol. The fourth-order valence-electron chi connectivity index (χ4n) is 4.23. The number of likely N-dealkylation sites (N-methyl/N-ethyl adjacent to an activating group) is 1. The number of carbonyl (C=O) groups is 5. The summed E-state index contributed by atoms with van der Waals surface area (Å²) in [6.45, 7) is 6.05. The Kier molecular flexibility index (Phi) is 14.8. The summed E-state index contributed by atoms with van der Waals surface area (Å²) in [5.74, 6) is -3.44. The SMILES string of the molecule is CC(=O)[C@@H](CCCCCC(=O)C(F)(F)F)C(=O)NC(C)(C)C=O.CN[C@@H](Cc1ccccc1)C(=O)N1CCCC1. The molecule has 2 rings (SSSR count). The normalized spacial score (nSPS) is 14.9. The Morgan fingerprint density at radius 1 is 1.00 bits per heavy atom. The van der Waals surface area contributed by atoms with Crippen molar-refractivity contribution in [1.82, 2.24) is 15.5 Å². The van der Waals surface area contributed by atoms with Crippen LogP contribution in [-0.2, 0) is 30.4 Å². The number of hydrogen-bond donors (Lipinski definition) is 2. The molecule has 1 saturated heterocycles. The quantitative estimate of drug-likeness (QED) is 0.200. The first-order valence-corrected chi connectivity index (χ1v) is 13.6. The van der Waals surface area contributed by atoms with E-state index in [1.807, 2.05) is 30.1 Å². The summed E-state index contributed by atoms with van der Waals surface area (Å²) in [4.78, 5) is 59.2. The Bertz CT molecular complexity index is 977. The molecule has 0 radical (unpaired) electrons. The van der Waals surface area contributed by atoms with E-state index in [0.29, 0.717) is 19.1 Å². The van der Waals surface area contributed by atoms with E-state index in [9.17, 15) is 37.1 Å². The predicted molar refractivity (Wildman–Crippen MR) is 145 cm³/mol. The highest BCUT2D eigenvalue weighted by Gasteiger charge is 2.37. The van der Waals surface area contributed by atoms with Crippen LogP contribution in [0.2, 0.25) is 0 Å². The van der Waals surface area contributed by atoms with Gasteiger partial charge in [-0.25, -0.2) is 0 Å². The van der Waals surface area contributed by atoms with Gasteiger partial charge in [-0.1, -0.05) is 43.2 Å². The van der Waals surface area contributed by atoms with Crippen molar-refractivity contribution in [2.75, 3.05) is 20.1 Å². The minimum Gasteiger partial charge on any atom is -0.344 e. The highest BCUT2D eigenvalue weighted by atomic mass is 19.4. The van der Waals surface area contributed by atoms with E-state index in [2.05, 4.69) is 22.8 Å². The van der Waals surface area contributed by atoms with Crippen molar-refractivity contribution in [2.24, 2.45) is 5.92 Å². The maximum Gasteiger partial charge on any atom is 0.449 e. The standard InChI is InChI=1S/C15H22F3NO4.C14H20N2O/c1-10(21)11(13(23)19-14(2,3)9-20)7-5-4-6-8-12(22)15(16,17)18;1-15-13(11-12-7-3-2-4-8-12)14(17)16-9-5-6-10-16/h9,11H,4-8H2,1-3H3,(H,19,23);2-4,7-8,13,15H,5-6,9-11H2,1H3/t11-;13-/m10/s1. The summed E-state index contributed by atoms with van der Waals surface area (Å²) >= 11 is 0. The Labute approximate surface area is 234 Å². The van der Waals surface area contributed by atoms with Crippen molar-refractivity contribution in [3.05, 3.63) is 35.9 Å². The molecule has 1 heterocycles. The van der Waals surface area contributed by atoms with Gasteiger partial charge in [-0.15, -0.1) is 0 Å². The van der Waals surface area contributed by atoms with E-state index in [1.54, 1.807) is 0 Å². The van der Waals surface area contributed by atoms with Gasteiger partial charge in [0.25, 0.3) is 0 Å². The van der Waals surface area contributed by atoms with E-state index in [4.69, 9.17) is 0 Å². The van der Waals surface area contributed by atoms with Crippen molar-refractivity contribution in [3.8, 4) is 0 Å². The molecule has 0 bridgehead atoms. The Morgan fingerprint density at radius 3 is 2.10 bits per heavy atom. The van der Waals surface area contributed by atoms with E-state index < -0.39 is 35.7 Å². The number of carbonyl (C=O) groups excluding carboxylic acids is 5. The summed E-state index contributed by atoms with van der Waals surface area (Å²) in [7, 11) is 1.86. The Hall–Kier alpha value is -3.08. The zero-order chi connectivity index (χ0) is 30.3. The number of ketones is 2. The highest BCUT2D eigenvalue weighted by molar-refractivity contribution is 6.01. The molecule has 224 valence electrons. The maximum atomic E-state index is 12.2. The third kappa shape index (κ3) is 12.8. The average molecular weight is 570 g/mol. The van der Waals surface area contributed by atoms with Crippen LogP contribution in [0.5, 0.6) is 0 Å². The summed E-state index contributed by atoms with van der Waals surface area (Å²) in [6.07, 6.45) is -0.958. The number of alkyl halides is 3. The third-order valence-corrected chi connectivity index (χ3v) is 6.61.